The summed E-state index contributed by atoms with van der Waals surface area (Å²) in [4.78, 5) is 31.2. The van der Waals surface area contributed by atoms with Gasteiger partial charge in [-0.25, -0.2) is 9.97 Å². The fraction of sp³-hybridized carbons (Fsp3) is 0.238. The fourth-order valence-electron chi connectivity index (χ4n) is 2.94. The van der Waals surface area contributed by atoms with E-state index in [2.05, 4.69) is 20.6 Å². The van der Waals surface area contributed by atoms with E-state index >= 15 is 0 Å². The lowest BCUT2D eigenvalue weighted by Crippen LogP contribution is -2.23. The van der Waals surface area contributed by atoms with Gasteiger partial charge in [0.25, 0.3) is 0 Å². The lowest BCUT2D eigenvalue weighted by Gasteiger charge is -2.15. The lowest BCUT2D eigenvalue weighted by molar-refractivity contribution is -0.132. The predicted molar refractivity (Wildman–Crippen MR) is 109 cm³/mol. The SMILES string of the molecule is COc1cc2ncnc(Nc3ccc([C@@H](C)NC(C)=O)cc3)c2cc1OC(C)=O. The number of rotatable bonds is 6. The summed E-state index contributed by atoms with van der Waals surface area (Å²) >= 11 is 0. The Hall–Kier alpha value is -3.68. The van der Waals surface area contributed by atoms with E-state index in [1.54, 1.807) is 12.1 Å². The van der Waals surface area contributed by atoms with Crippen LogP contribution < -0.4 is 20.1 Å². The molecule has 2 aromatic carbocycles. The molecule has 0 aliphatic rings. The maximum atomic E-state index is 11.4. The highest BCUT2D eigenvalue weighted by molar-refractivity contribution is 5.93. The van der Waals surface area contributed by atoms with Gasteiger partial charge in [-0.15, -0.1) is 0 Å². The summed E-state index contributed by atoms with van der Waals surface area (Å²) < 4.78 is 10.5. The van der Waals surface area contributed by atoms with Crippen molar-refractivity contribution in [2.75, 3.05) is 12.4 Å². The largest absolute Gasteiger partial charge is 0.493 e. The molecule has 1 aromatic heterocycles. The third-order valence-electron chi connectivity index (χ3n) is 4.27. The first kappa shape index (κ1) is 20.1. The Balaban J connectivity index is 1.91. The number of carbonyl (C=O) groups is 2. The van der Waals surface area contributed by atoms with Crippen LogP contribution in [0, 0.1) is 0 Å². The summed E-state index contributed by atoms with van der Waals surface area (Å²) in [7, 11) is 1.50. The van der Waals surface area contributed by atoms with Gasteiger partial charge in [0.1, 0.15) is 12.1 Å². The van der Waals surface area contributed by atoms with Crippen molar-refractivity contribution in [2.24, 2.45) is 0 Å². The fourth-order valence-corrected chi connectivity index (χ4v) is 2.94. The van der Waals surface area contributed by atoms with Crippen LogP contribution >= 0.6 is 0 Å². The number of nitrogens with zero attached hydrogens (tertiary/aromatic N) is 2. The van der Waals surface area contributed by atoms with Gasteiger partial charge in [0.15, 0.2) is 11.5 Å². The zero-order valence-corrected chi connectivity index (χ0v) is 16.6. The summed E-state index contributed by atoms with van der Waals surface area (Å²) in [6.07, 6.45) is 1.45. The first-order valence-electron chi connectivity index (χ1n) is 9.02. The van der Waals surface area contributed by atoms with Crippen LogP contribution in [0.5, 0.6) is 11.5 Å². The molecule has 3 rings (SSSR count). The number of ether oxygens (including phenoxy) is 2. The number of esters is 1. The maximum Gasteiger partial charge on any atom is 0.308 e. The van der Waals surface area contributed by atoms with Crippen molar-refractivity contribution < 1.29 is 19.1 Å². The Labute approximate surface area is 168 Å². The molecule has 0 aliphatic heterocycles. The minimum atomic E-state index is -0.446. The number of anilines is 2. The lowest BCUT2D eigenvalue weighted by atomic mass is 10.1. The summed E-state index contributed by atoms with van der Waals surface area (Å²) in [5.41, 5.74) is 2.44. The second kappa shape index (κ2) is 8.55. The van der Waals surface area contributed by atoms with Crippen molar-refractivity contribution in [1.29, 1.82) is 0 Å². The minimum absolute atomic E-state index is 0.0776. The molecule has 8 heteroatoms. The van der Waals surface area contributed by atoms with E-state index in [9.17, 15) is 9.59 Å². The van der Waals surface area contributed by atoms with Crippen LogP contribution in [0.2, 0.25) is 0 Å². The molecule has 1 atom stereocenters. The third-order valence-corrected chi connectivity index (χ3v) is 4.27. The monoisotopic (exact) mass is 394 g/mol. The third kappa shape index (κ3) is 4.78. The van der Waals surface area contributed by atoms with E-state index in [0.29, 0.717) is 28.2 Å². The van der Waals surface area contributed by atoms with E-state index in [4.69, 9.17) is 9.47 Å². The number of hydrogen-bond acceptors (Lipinski definition) is 7. The highest BCUT2D eigenvalue weighted by Gasteiger charge is 2.13. The molecule has 0 fully saturated rings. The van der Waals surface area contributed by atoms with Gasteiger partial charge >= 0.3 is 5.97 Å². The molecule has 0 spiro atoms. The molecule has 150 valence electrons. The van der Waals surface area contributed by atoms with Gasteiger partial charge in [-0.1, -0.05) is 12.1 Å². The predicted octanol–water partition coefficient (Wildman–Crippen LogP) is 3.50. The molecule has 1 amide bonds. The molecule has 0 bridgehead atoms. The van der Waals surface area contributed by atoms with Gasteiger partial charge in [0.05, 0.1) is 18.7 Å². The normalized spacial score (nSPS) is 11.6. The average Bonchev–Trinajstić information content (AvgIpc) is 2.67. The zero-order valence-electron chi connectivity index (χ0n) is 16.6. The van der Waals surface area contributed by atoms with Gasteiger partial charge in [-0.3, -0.25) is 9.59 Å². The quantitative estimate of drug-likeness (QED) is 0.487. The second-order valence-electron chi connectivity index (χ2n) is 6.51. The standard InChI is InChI=1S/C21H22N4O4/c1-12(24-13(2)26)15-5-7-16(8-6-15)25-21-17-9-20(29-14(3)27)19(28-4)10-18(17)22-11-23-21/h5-12H,1-4H3,(H,24,26)(H,22,23,25)/t12-/m1/s1. The number of nitrogens with one attached hydrogen (secondary N) is 2. The van der Waals surface area contributed by atoms with Crippen LogP contribution in [0.1, 0.15) is 32.4 Å². The number of hydrogen-bond donors (Lipinski definition) is 2. The number of aromatic nitrogens is 2. The van der Waals surface area contributed by atoms with Gasteiger partial charge in [-0.2, -0.15) is 0 Å². The molecule has 2 N–H and O–H groups in total. The van der Waals surface area contributed by atoms with E-state index in [1.165, 1.54) is 27.3 Å². The Bertz CT molecular complexity index is 1050. The first-order chi connectivity index (χ1) is 13.9. The van der Waals surface area contributed by atoms with E-state index in [1.807, 2.05) is 31.2 Å². The summed E-state index contributed by atoms with van der Waals surface area (Å²) in [6.45, 7) is 4.74. The highest BCUT2D eigenvalue weighted by Crippen LogP contribution is 2.34. The topological polar surface area (TPSA) is 102 Å². The van der Waals surface area contributed by atoms with E-state index < -0.39 is 5.97 Å². The van der Waals surface area contributed by atoms with Gasteiger partial charge in [0.2, 0.25) is 5.91 Å². The number of amides is 1. The van der Waals surface area contributed by atoms with Crippen LogP contribution in [0.3, 0.4) is 0 Å². The minimum Gasteiger partial charge on any atom is -0.493 e. The van der Waals surface area contributed by atoms with Gasteiger partial charge < -0.3 is 20.1 Å². The average molecular weight is 394 g/mol. The molecule has 0 radical (unpaired) electrons. The molecule has 0 unspecified atom stereocenters. The van der Waals surface area contributed by atoms with Crippen LogP contribution in [0.25, 0.3) is 10.9 Å². The van der Waals surface area contributed by atoms with Gasteiger partial charge in [0, 0.05) is 31.0 Å². The Morgan fingerprint density at radius 3 is 2.38 bits per heavy atom. The van der Waals surface area contributed by atoms with Crippen molar-refractivity contribution in [3.8, 4) is 11.5 Å². The van der Waals surface area contributed by atoms with Gasteiger partial charge in [-0.05, 0) is 30.7 Å². The van der Waals surface area contributed by atoms with Crippen LogP contribution in [-0.2, 0) is 9.59 Å². The number of benzene rings is 2. The van der Waals surface area contributed by atoms with Crippen LogP contribution in [-0.4, -0.2) is 29.0 Å². The molecule has 3 aromatic rings. The maximum absolute atomic E-state index is 11.4. The number of carbonyl (C=O) groups excluding carboxylic acids is 2. The van der Waals surface area contributed by atoms with Crippen molar-refractivity contribution in [3.05, 3.63) is 48.3 Å². The Morgan fingerprint density at radius 2 is 1.76 bits per heavy atom. The Kier molecular flexibility index (Phi) is 5.92. The molecular weight excluding hydrogens is 372 g/mol. The molecule has 8 nitrogen and oxygen atoms in total. The van der Waals surface area contributed by atoms with E-state index in [0.717, 1.165) is 11.3 Å². The molecule has 29 heavy (non-hydrogen) atoms. The highest BCUT2D eigenvalue weighted by atomic mass is 16.6. The second-order valence-corrected chi connectivity index (χ2v) is 6.51. The zero-order chi connectivity index (χ0) is 21.0. The molecule has 0 saturated carbocycles. The number of fused-ring (bicyclic) bond motifs is 1. The Morgan fingerprint density at radius 1 is 1.03 bits per heavy atom. The van der Waals surface area contributed by atoms with Crippen molar-refractivity contribution >= 4 is 34.3 Å². The van der Waals surface area contributed by atoms with Crippen LogP contribution in [0.4, 0.5) is 11.5 Å². The molecule has 1 heterocycles. The van der Waals surface area contributed by atoms with Crippen molar-refractivity contribution in [3.63, 3.8) is 0 Å². The smallest absolute Gasteiger partial charge is 0.308 e. The van der Waals surface area contributed by atoms with Crippen molar-refractivity contribution in [1.82, 2.24) is 15.3 Å². The summed E-state index contributed by atoms with van der Waals surface area (Å²) in [5.74, 6) is 0.747. The molecule has 0 aliphatic carbocycles. The number of methoxy groups -OCH3 is 1. The van der Waals surface area contributed by atoms with Crippen LogP contribution in [0.15, 0.2) is 42.7 Å². The molecular formula is C21H22N4O4. The summed E-state index contributed by atoms with van der Waals surface area (Å²) in [5, 5.41) is 6.78. The van der Waals surface area contributed by atoms with E-state index in [-0.39, 0.29) is 11.9 Å². The molecule has 0 saturated heterocycles. The summed E-state index contributed by atoms with van der Waals surface area (Å²) in [6, 6.07) is 10.9. The first-order valence-corrected chi connectivity index (χ1v) is 9.02. The van der Waals surface area contributed by atoms with Crippen molar-refractivity contribution in [2.45, 2.75) is 26.8 Å².